The van der Waals surface area contributed by atoms with Crippen LogP contribution < -0.4 is 0 Å². The number of aliphatic carboxylic acids is 1. The van der Waals surface area contributed by atoms with Crippen molar-refractivity contribution < 1.29 is 41.4 Å². The van der Waals surface area contributed by atoms with E-state index in [0.29, 0.717) is 30.0 Å². The molecule has 0 fully saturated rings. The van der Waals surface area contributed by atoms with Gasteiger partial charge in [0.15, 0.2) is 0 Å². The first-order valence-electron chi connectivity index (χ1n) is 13.1. The first-order valence-corrected chi connectivity index (χ1v) is 13.1. The summed E-state index contributed by atoms with van der Waals surface area (Å²) in [6, 6.07) is 18.3. The van der Waals surface area contributed by atoms with Crippen LogP contribution in [0.3, 0.4) is 0 Å². The van der Waals surface area contributed by atoms with Crippen LogP contribution in [-0.4, -0.2) is 34.1 Å². The van der Waals surface area contributed by atoms with Gasteiger partial charge in [0, 0.05) is 5.41 Å². The highest BCUT2D eigenvalue weighted by Crippen LogP contribution is 2.45. The molecule has 0 amide bonds. The van der Waals surface area contributed by atoms with Crippen molar-refractivity contribution in [1.29, 1.82) is 0 Å². The Morgan fingerprint density at radius 2 is 1.37 bits per heavy atom. The maximum Gasteiger partial charge on any atom is 0.430 e. The van der Waals surface area contributed by atoms with E-state index >= 15 is 0 Å². The average molecular weight is 579 g/mol. The Morgan fingerprint density at radius 1 is 0.805 bits per heavy atom. The van der Waals surface area contributed by atoms with E-state index in [-0.39, 0.29) is 18.1 Å². The van der Waals surface area contributed by atoms with Gasteiger partial charge in [0.05, 0.1) is 6.42 Å². The zero-order chi connectivity index (χ0) is 30.8. The number of rotatable bonds is 9. The van der Waals surface area contributed by atoms with E-state index in [1.807, 2.05) is 51.1 Å². The first-order chi connectivity index (χ1) is 19.0. The minimum Gasteiger partial charge on any atom is -0.481 e. The van der Waals surface area contributed by atoms with Crippen LogP contribution >= 0.6 is 0 Å². The van der Waals surface area contributed by atoms with Crippen molar-refractivity contribution in [1.82, 2.24) is 0 Å². The van der Waals surface area contributed by atoms with E-state index in [2.05, 4.69) is 6.07 Å². The van der Waals surface area contributed by atoms with Crippen LogP contribution in [0.2, 0.25) is 0 Å². The molecular formula is C32H32F6O3. The lowest BCUT2D eigenvalue weighted by Crippen LogP contribution is -2.55. The number of carboxylic acid groups (broad SMARTS) is 1. The van der Waals surface area contributed by atoms with Crippen LogP contribution in [0.4, 0.5) is 26.3 Å². The van der Waals surface area contributed by atoms with Gasteiger partial charge >= 0.3 is 18.3 Å². The molecule has 0 heterocycles. The van der Waals surface area contributed by atoms with Crippen LogP contribution in [-0.2, 0) is 16.6 Å². The molecule has 0 spiro atoms. The minimum atomic E-state index is -5.93. The zero-order valence-corrected chi connectivity index (χ0v) is 23.1. The van der Waals surface area contributed by atoms with Gasteiger partial charge < -0.3 is 10.2 Å². The molecule has 3 aromatic carbocycles. The number of hydrogen-bond acceptors (Lipinski definition) is 2. The normalized spacial score (nSPS) is 13.1. The van der Waals surface area contributed by atoms with Gasteiger partial charge in [0.1, 0.15) is 0 Å². The Morgan fingerprint density at radius 3 is 1.85 bits per heavy atom. The van der Waals surface area contributed by atoms with E-state index in [1.54, 1.807) is 25.1 Å². The van der Waals surface area contributed by atoms with Gasteiger partial charge in [-0.05, 0) is 77.3 Å². The molecule has 0 unspecified atom stereocenters. The van der Waals surface area contributed by atoms with E-state index in [1.165, 1.54) is 6.07 Å². The summed E-state index contributed by atoms with van der Waals surface area (Å²) in [4.78, 5) is 11.1. The van der Waals surface area contributed by atoms with Gasteiger partial charge in [0.25, 0.3) is 5.60 Å². The number of aliphatic hydroxyl groups is 1. The van der Waals surface area contributed by atoms with Gasteiger partial charge in [-0.3, -0.25) is 4.79 Å². The average Bonchev–Trinajstić information content (AvgIpc) is 2.87. The first kappa shape index (κ1) is 31.9. The fourth-order valence-corrected chi connectivity index (χ4v) is 5.26. The predicted molar refractivity (Wildman–Crippen MR) is 147 cm³/mol. The molecule has 3 aromatic rings. The number of aryl methyl sites for hydroxylation is 2. The molecule has 0 radical (unpaired) electrons. The second-order valence-electron chi connectivity index (χ2n) is 10.3. The molecule has 0 aliphatic carbocycles. The third kappa shape index (κ3) is 6.35. The largest absolute Gasteiger partial charge is 0.481 e. The Balaban J connectivity index is 2.02. The highest BCUT2D eigenvalue weighted by atomic mass is 19.4. The fraction of sp³-hybridized carbons (Fsp3) is 0.344. The molecule has 3 rings (SSSR count). The molecule has 2 N–H and O–H groups in total. The van der Waals surface area contributed by atoms with Gasteiger partial charge in [-0.15, -0.1) is 0 Å². The molecular weight excluding hydrogens is 546 g/mol. The molecule has 41 heavy (non-hydrogen) atoms. The summed E-state index contributed by atoms with van der Waals surface area (Å²) < 4.78 is 78.6. The van der Waals surface area contributed by atoms with Crippen LogP contribution in [0.1, 0.15) is 60.1 Å². The van der Waals surface area contributed by atoms with Crippen LogP contribution in [0.15, 0.2) is 66.7 Å². The van der Waals surface area contributed by atoms with E-state index in [9.17, 15) is 36.2 Å². The maximum absolute atomic E-state index is 13.1. The van der Waals surface area contributed by atoms with Crippen molar-refractivity contribution in [2.75, 3.05) is 0 Å². The third-order valence-electron chi connectivity index (χ3n) is 7.77. The van der Waals surface area contributed by atoms with Crippen LogP contribution in [0.5, 0.6) is 0 Å². The van der Waals surface area contributed by atoms with E-state index in [4.69, 9.17) is 5.11 Å². The summed E-state index contributed by atoms with van der Waals surface area (Å²) in [7, 11) is 0. The number of benzene rings is 3. The quantitative estimate of drug-likeness (QED) is 0.250. The number of carboxylic acids is 1. The van der Waals surface area contributed by atoms with E-state index < -0.39 is 29.3 Å². The SMILES string of the molecule is CCC(CC)(c1ccc(C=CC(O)(C(F)(F)F)C(F)(F)F)c(C)c1)c1ccc(-c2cccc(CC(=O)O)c2)c(C)c1. The lowest BCUT2D eigenvalue weighted by Gasteiger charge is -2.34. The molecule has 0 aromatic heterocycles. The monoisotopic (exact) mass is 578 g/mol. The van der Waals surface area contributed by atoms with Crippen LogP contribution in [0.25, 0.3) is 17.2 Å². The Hall–Kier alpha value is -3.59. The van der Waals surface area contributed by atoms with Crippen molar-refractivity contribution >= 4 is 12.0 Å². The molecule has 9 heteroatoms. The predicted octanol–water partition coefficient (Wildman–Crippen LogP) is 8.57. The lowest BCUT2D eigenvalue weighted by atomic mass is 9.69. The fourth-order valence-electron chi connectivity index (χ4n) is 5.26. The number of halogens is 6. The van der Waals surface area contributed by atoms with Gasteiger partial charge in [-0.25, -0.2) is 0 Å². The topological polar surface area (TPSA) is 57.5 Å². The Bertz CT molecular complexity index is 1420. The van der Waals surface area contributed by atoms with Gasteiger partial charge in [-0.1, -0.05) is 80.6 Å². The van der Waals surface area contributed by atoms with E-state index in [0.717, 1.165) is 27.8 Å². The lowest BCUT2D eigenvalue weighted by molar-refractivity contribution is -0.347. The molecule has 0 bridgehead atoms. The minimum absolute atomic E-state index is 0.0873. The summed E-state index contributed by atoms with van der Waals surface area (Å²) in [6.07, 6.45) is -10.2. The maximum atomic E-state index is 13.1. The number of alkyl halides is 6. The van der Waals surface area contributed by atoms with Crippen molar-refractivity contribution in [2.24, 2.45) is 0 Å². The second-order valence-corrected chi connectivity index (χ2v) is 10.3. The summed E-state index contributed by atoms with van der Waals surface area (Å²) in [6.45, 7) is 7.58. The van der Waals surface area contributed by atoms with Gasteiger partial charge in [0.2, 0.25) is 0 Å². The van der Waals surface area contributed by atoms with Gasteiger partial charge in [-0.2, -0.15) is 26.3 Å². The van der Waals surface area contributed by atoms with Crippen molar-refractivity contribution in [3.05, 3.63) is 100 Å². The summed E-state index contributed by atoms with van der Waals surface area (Å²) >= 11 is 0. The smallest absolute Gasteiger partial charge is 0.430 e. The zero-order valence-electron chi connectivity index (χ0n) is 23.1. The van der Waals surface area contributed by atoms with Crippen LogP contribution in [0, 0.1) is 13.8 Å². The molecule has 0 atom stereocenters. The van der Waals surface area contributed by atoms with Crippen molar-refractivity contribution in [2.45, 2.75) is 70.3 Å². The van der Waals surface area contributed by atoms with Crippen molar-refractivity contribution in [3.63, 3.8) is 0 Å². The van der Waals surface area contributed by atoms with Crippen molar-refractivity contribution in [3.8, 4) is 11.1 Å². The number of carbonyl (C=O) groups is 1. The highest BCUT2D eigenvalue weighted by Gasteiger charge is 2.68. The molecule has 0 saturated heterocycles. The summed E-state index contributed by atoms with van der Waals surface area (Å²) in [5.41, 5.74) is 0.464. The Kier molecular flexibility index (Phi) is 9.13. The molecule has 3 nitrogen and oxygen atoms in total. The molecule has 0 aliphatic rings. The highest BCUT2D eigenvalue weighted by molar-refractivity contribution is 5.73. The molecule has 0 aliphatic heterocycles. The Labute approximate surface area is 235 Å². The molecule has 220 valence electrons. The molecule has 0 saturated carbocycles. The number of hydrogen-bond donors (Lipinski definition) is 2. The standard InChI is InChI=1S/C32H32F6O3/c1-5-29(6-2,26-12-13-27(21(4)17-26)24-9-7-8-22(18-24)19-28(39)40)25-11-10-23(20(3)16-25)14-15-30(41,31(33,34)35)32(36,37)38/h7-18,41H,5-6,19H2,1-4H3,(H,39,40). The third-order valence-corrected chi connectivity index (χ3v) is 7.77. The summed E-state index contributed by atoms with van der Waals surface area (Å²) in [5.74, 6) is -0.918. The summed E-state index contributed by atoms with van der Waals surface area (Å²) in [5, 5.41) is 18.6. The second kappa shape index (κ2) is 11.7.